The van der Waals surface area contributed by atoms with Gasteiger partial charge in [-0.05, 0) is 45.0 Å². The minimum Gasteiger partial charge on any atom is -0.481 e. The number of hydrogen-bond donors (Lipinski definition) is 1. The van der Waals surface area contributed by atoms with E-state index in [9.17, 15) is 18.7 Å². The Morgan fingerprint density at radius 1 is 1.19 bits per heavy atom. The van der Waals surface area contributed by atoms with Crippen molar-refractivity contribution < 1.29 is 18.7 Å². The topological polar surface area (TPSA) is 40.5 Å². The Labute approximate surface area is 123 Å². The van der Waals surface area contributed by atoms with Crippen LogP contribution < -0.4 is 0 Å². The highest BCUT2D eigenvalue weighted by molar-refractivity contribution is 5.69. The summed E-state index contributed by atoms with van der Waals surface area (Å²) < 4.78 is 28.4. The van der Waals surface area contributed by atoms with Gasteiger partial charge in [-0.15, -0.1) is 0 Å². The molecule has 116 valence electrons. The first-order valence-electron chi connectivity index (χ1n) is 7.36. The van der Waals surface area contributed by atoms with Gasteiger partial charge in [-0.25, -0.2) is 8.78 Å². The summed E-state index contributed by atoms with van der Waals surface area (Å²) in [5.41, 5.74) is -1.29. The molecule has 0 aliphatic carbocycles. The second kappa shape index (κ2) is 6.52. The molecule has 21 heavy (non-hydrogen) atoms. The molecule has 0 aromatic heterocycles. The lowest BCUT2D eigenvalue weighted by atomic mass is 9.85. The molecule has 0 bridgehead atoms. The van der Waals surface area contributed by atoms with Crippen LogP contribution in [0.2, 0.25) is 0 Å². The molecule has 1 aromatic carbocycles. The van der Waals surface area contributed by atoms with Crippen LogP contribution >= 0.6 is 0 Å². The van der Waals surface area contributed by atoms with Crippen LogP contribution in [0.25, 0.3) is 0 Å². The van der Waals surface area contributed by atoms with Gasteiger partial charge in [0.05, 0.1) is 12.0 Å². The van der Waals surface area contributed by atoms with E-state index in [1.54, 1.807) is 6.92 Å². The van der Waals surface area contributed by atoms with Crippen molar-refractivity contribution in [1.82, 2.24) is 4.90 Å². The number of halogens is 2. The minimum atomic E-state index is -1.16. The van der Waals surface area contributed by atoms with Gasteiger partial charge in [0.2, 0.25) is 0 Å². The SMILES string of the molecule is CC(CC(=O)O)(c1c(F)cccc1F)N1CCCCCC1. The van der Waals surface area contributed by atoms with Crippen LogP contribution in [0, 0.1) is 11.6 Å². The lowest BCUT2D eigenvalue weighted by Gasteiger charge is -2.40. The fraction of sp³-hybridized carbons (Fsp3) is 0.562. The highest BCUT2D eigenvalue weighted by atomic mass is 19.1. The Kier molecular flexibility index (Phi) is 4.93. The summed E-state index contributed by atoms with van der Waals surface area (Å²) in [4.78, 5) is 13.2. The van der Waals surface area contributed by atoms with E-state index in [1.807, 2.05) is 4.90 Å². The maximum absolute atomic E-state index is 14.2. The molecule has 1 N–H and O–H groups in total. The number of rotatable bonds is 4. The van der Waals surface area contributed by atoms with Gasteiger partial charge in [0.1, 0.15) is 11.6 Å². The van der Waals surface area contributed by atoms with Gasteiger partial charge in [0.15, 0.2) is 0 Å². The molecule has 3 nitrogen and oxygen atoms in total. The van der Waals surface area contributed by atoms with Gasteiger partial charge in [-0.1, -0.05) is 18.9 Å². The monoisotopic (exact) mass is 297 g/mol. The first-order chi connectivity index (χ1) is 9.95. The summed E-state index contributed by atoms with van der Waals surface area (Å²) in [5.74, 6) is -2.41. The van der Waals surface area contributed by atoms with E-state index in [-0.39, 0.29) is 12.0 Å². The van der Waals surface area contributed by atoms with Gasteiger partial charge in [-0.3, -0.25) is 9.69 Å². The Balaban J connectivity index is 2.47. The molecule has 1 atom stereocenters. The molecule has 1 aliphatic rings. The standard InChI is InChI=1S/C16H21F2NO2/c1-16(11-14(20)21,19-9-4-2-3-5-10-19)15-12(17)7-6-8-13(15)18/h6-8H,2-5,9-11H2,1H3,(H,20,21). The summed E-state index contributed by atoms with van der Waals surface area (Å²) >= 11 is 0. The van der Waals surface area contributed by atoms with E-state index in [1.165, 1.54) is 18.2 Å². The second-order valence-corrected chi connectivity index (χ2v) is 5.84. The number of carboxylic acids is 1. The van der Waals surface area contributed by atoms with Crippen molar-refractivity contribution in [3.8, 4) is 0 Å². The lowest BCUT2D eigenvalue weighted by molar-refractivity contribution is -0.140. The maximum atomic E-state index is 14.2. The lowest BCUT2D eigenvalue weighted by Crippen LogP contribution is -2.47. The van der Waals surface area contributed by atoms with Gasteiger partial charge in [-0.2, -0.15) is 0 Å². The zero-order valence-electron chi connectivity index (χ0n) is 12.2. The van der Waals surface area contributed by atoms with Crippen molar-refractivity contribution in [2.75, 3.05) is 13.1 Å². The third kappa shape index (κ3) is 3.40. The van der Waals surface area contributed by atoms with Crippen molar-refractivity contribution in [2.45, 2.75) is 44.6 Å². The smallest absolute Gasteiger partial charge is 0.305 e. The molecule has 1 aromatic rings. The molecule has 0 amide bonds. The van der Waals surface area contributed by atoms with Crippen LogP contribution in [-0.2, 0) is 10.3 Å². The number of hydrogen-bond acceptors (Lipinski definition) is 2. The number of aliphatic carboxylic acids is 1. The van der Waals surface area contributed by atoms with Gasteiger partial charge in [0, 0.05) is 5.56 Å². The summed E-state index contributed by atoms with van der Waals surface area (Å²) in [7, 11) is 0. The zero-order valence-corrected chi connectivity index (χ0v) is 12.2. The molecule has 1 saturated heterocycles. The molecule has 0 radical (unpaired) electrons. The Morgan fingerprint density at radius 2 is 1.71 bits per heavy atom. The number of benzene rings is 1. The molecule has 2 rings (SSSR count). The summed E-state index contributed by atoms with van der Waals surface area (Å²) in [6.45, 7) is 2.96. The Morgan fingerprint density at radius 3 is 2.19 bits per heavy atom. The molecule has 1 heterocycles. The van der Waals surface area contributed by atoms with Gasteiger partial charge < -0.3 is 5.11 Å². The predicted molar refractivity (Wildman–Crippen MR) is 76.0 cm³/mol. The van der Waals surface area contributed by atoms with E-state index < -0.39 is 23.1 Å². The molecular weight excluding hydrogens is 276 g/mol. The molecule has 1 aliphatic heterocycles. The van der Waals surface area contributed by atoms with E-state index in [2.05, 4.69) is 0 Å². The van der Waals surface area contributed by atoms with E-state index >= 15 is 0 Å². The Bertz CT molecular complexity index is 493. The number of carbonyl (C=O) groups is 1. The molecular formula is C16H21F2NO2. The first-order valence-corrected chi connectivity index (χ1v) is 7.36. The molecule has 0 saturated carbocycles. The summed E-state index contributed by atoms with van der Waals surface area (Å²) in [6, 6.07) is 3.68. The molecule has 5 heteroatoms. The van der Waals surface area contributed by atoms with Crippen molar-refractivity contribution in [2.24, 2.45) is 0 Å². The van der Waals surface area contributed by atoms with E-state index in [0.29, 0.717) is 13.1 Å². The summed E-state index contributed by atoms with van der Waals surface area (Å²) in [6.07, 6.45) is 3.67. The van der Waals surface area contributed by atoms with Crippen molar-refractivity contribution in [1.29, 1.82) is 0 Å². The molecule has 1 fully saturated rings. The largest absolute Gasteiger partial charge is 0.481 e. The average molecular weight is 297 g/mol. The van der Waals surface area contributed by atoms with E-state index in [4.69, 9.17) is 0 Å². The van der Waals surface area contributed by atoms with Crippen LogP contribution in [0.5, 0.6) is 0 Å². The van der Waals surface area contributed by atoms with Crippen LogP contribution in [0.4, 0.5) is 8.78 Å². The fourth-order valence-corrected chi connectivity index (χ4v) is 3.23. The first kappa shape index (κ1) is 15.9. The van der Waals surface area contributed by atoms with Gasteiger partial charge >= 0.3 is 5.97 Å². The Hall–Kier alpha value is -1.49. The zero-order chi connectivity index (χ0) is 15.5. The van der Waals surface area contributed by atoms with Crippen LogP contribution in [0.1, 0.15) is 44.6 Å². The van der Waals surface area contributed by atoms with Crippen molar-refractivity contribution in [3.63, 3.8) is 0 Å². The second-order valence-electron chi connectivity index (χ2n) is 5.84. The van der Waals surface area contributed by atoms with Crippen LogP contribution in [0.3, 0.4) is 0 Å². The highest BCUT2D eigenvalue weighted by Gasteiger charge is 2.40. The quantitative estimate of drug-likeness (QED) is 0.924. The summed E-state index contributed by atoms with van der Waals surface area (Å²) in [5, 5.41) is 9.22. The number of nitrogens with zero attached hydrogens (tertiary/aromatic N) is 1. The third-order valence-corrected chi connectivity index (χ3v) is 4.30. The average Bonchev–Trinajstić information content (AvgIpc) is 2.66. The minimum absolute atomic E-state index is 0.130. The number of carboxylic acid groups (broad SMARTS) is 1. The highest BCUT2D eigenvalue weighted by Crippen LogP contribution is 2.36. The third-order valence-electron chi connectivity index (χ3n) is 4.30. The number of likely N-dealkylation sites (tertiary alicyclic amines) is 1. The molecule has 0 spiro atoms. The van der Waals surface area contributed by atoms with E-state index in [0.717, 1.165) is 25.7 Å². The van der Waals surface area contributed by atoms with Crippen molar-refractivity contribution in [3.05, 3.63) is 35.4 Å². The normalized spacial score (nSPS) is 19.8. The molecule has 1 unspecified atom stereocenters. The van der Waals surface area contributed by atoms with Crippen LogP contribution in [-0.4, -0.2) is 29.1 Å². The van der Waals surface area contributed by atoms with Crippen LogP contribution in [0.15, 0.2) is 18.2 Å². The fourth-order valence-electron chi connectivity index (χ4n) is 3.23. The van der Waals surface area contributed by atoms with Crippen molar-refractivity contribution >= 4 is 5.97 Å². The predicted octanol–water partition coefficient (Wildman–Crippen LogP) is 3.53. The van der Waals surface area contributed by atoms with Gasteiger partial charge in [0.25, 0.3) is 0 Å². The maximum Gasteiger partial charge on any atom is 0.305 e.